The molecule has 1 aromatic heterocycles. The van der Waals surface area contributed by atoms with E-state index in [-0.39, 0.29) is 6.42 Å². The summed E-state index contributed by atoms with van der Waals surface area (Å²) in [5.74, 6) is -2.66. The molecule has 0 aromatic carbocycles. The largest absolute Gasteiger partial charge is 0.480 e. The SMILES string of the molecule is CC(=O)N(C(=O)CN)C(Cc1cnc[nH]1)C(=O)O. The van der Waals surface area contributed by atoms with Gasteiger partial charge in [-0.05, 0) is 0 Å². The monoisotopic (exact) mass is 254 g/mol. The molecule has 8 heteroatoms. The van der Waals surface area contributed by atoms with Gasteiger partial charge in [0.25, 0.3) is 0 Å². The van der Waals surface area contributed by atoms with Crippen molar-refractivity contribution in [1.29, 1.82) is 0 Å². The fraction of sp³-hybridized carbons (Fsp3) is 0.400. The van der Waals surface area contributed by atoms with Crippen molar-refractivity contribution < 1.29 is 19.5 Å². The molecule has 18 heavy (non-hydrogen) atoms. The van der Waals surface area contributed by atoms with Crippen LogP contribution < -0.4 is 5.73 Å². The summed E-state index contributed by atoms with van der Waals surface area (Å²) in [5.41, 5.74) is 5.68. The lowest BCUT2D eigenvalue weighted by molar-refractivity contribution is -0.156. The lowest BCUT2D eigenvalue weighted by Crippen LogP contribution is -2.51. The van der Waals surface area contributed by atoms with Crippen LogP contribution in [0.2, 0.25) is 0 Å². The minimum Gasteiger partial charge on any atom is -0.480 e. The number of carboxylic acid groups (broad SMARTS) is 1. The summed E-state index contributed by atoms with van der Waals surface area (Å²) in [6.45, 7) is 0.697. The molecule has 0 aliphatic carbocycles. The van der Waals surface area contributed by atoms with Crippen molar-refractivity contribution in [3.05, 3.63) is 18.2 Å². The molecular weight excluding hydrogens is 240 g/mol. The first-order valence-electron chi connectivity index (χ1n) is 5.20. The summed E-state index contributed by atoms with van der Waals surface area (Å²) in [5, 5.41) is 9.11. The van der Waals surface area contributed by atoms with E-state index in [4.69, 9.17) is 10.8 Å². The molecule has 98 valence electrons. The third-order valence-corrected chi connectivity index (χ3v) is 2.35. The van der Waals surface area contributed by atoms with Gasteiger partial charge in [0.1, 0.15) is 6.04 Å². The van der Waals surface area contributed by atoms with E-state index in [1.807, 2.05) is 0 Å². The van der Waals surface area contributed by atoms with E-state index >= 15 is 0 Å². The molecule has 0 fully saturated rings. The van der Waals surface area contributed by atoms with E-state index in [2.05, 4.69) is 9.97 Å². The molecule has 0 spiro atoms. The number of carboxylic acids is 1. The minimum atomic E-state index is -1.29. The Morgan fingerprint density at radius 3 is 2.61 bits per heavy atom. The Hall–Kier alpha value is -2.22. The van der Waals surface area contributed by atoms with Gasteiger partial charge in [0.15, 0.2) is 0 Å². The number of imide groups is 1. The Labute approximate surface area is 103 Å². The molecule has 1 atom stereocenters. The van der Waals surface area contributed by atoms with Crippen LogP contribution in [0.15, 0.2) is 12.5 Å². The maximum absolute atomic E-state index is 11.5. The van der Waals surface area contributed by atoms with Crippen LogP contribution in [0.5, 0.6) is 0 Å². The van der Waals surface area contributed by atoms with E-state index < -0.39 is 30.4 Å². The zero-order valence-electron chi connectivity index (χ0n) is 9.79. The normalized spacial score (nSPS) is 11.9. The Bertz CT molecular complexity index is 443. The number of H-pyrrole nitrogens is 1. The summed E-state index contributed by atoms with van der Waals surface area (Å²) in [6.07, 6.45) is 2.78. The second-order valence-electron chi connectivity index (χ2n) is 3.62. The molecule has 1 rings (SSSR count). The number of nitrogens with zero attached hydrogens (tertiary/aromatic N) is 2. The fourth-order valence-corrected chi connectivity index (χ4v) is 1.56. The molecule has 1 aromatic rings. The Morgan fingerprint density at radius 1 is 1.56 bits per heavy atom. The van der Waals surface area contributed by atoms with Crippen LogP contribution in [0.25, 0.3) is 0 Å². The van der Waals surface area contributed by atoms with Crippen molar-refractivity contribution in [2.45, 2.75) is 19.4 Å². The van der Waals surface area contributed by atoms with Gasteiger partial charge in [-0.25, -0.2) is 9.78 Å². The second-order valence-corrected chi connectivity index (χ2v) is 3.62. The van der Waals surface area contributed by atoms with Gasteiger partial charge < -0.3 is 15.8 Å². The van der Waals surface area contributed by atoms with Gasteiger partial charge in [0.05, 0.1) is 12.9 Å². The van der Waals surface area contributed by atoms with E-state index in [9.17, 15) is 14.4 Å². The number of rotatable bonds is 5. The predicted molar refractivity (Wildman–Crippen MR) is 60.3 cm³/mol. The highest BCUT2D eigenvalue weighted by molar-refractivity contribution is 5.99. The van der Waals surface area contributed by atoms with E-state index in [1.54, 1.807) is 0 Å². The Balaban J connectivity index is 2.97. The molecule has 0 aliphatic rings. The van der Waals surface area contributed by atoms with Gasteiger partial charge in [-0.2, -0.15) is 0 Å². The second kappa shape index (κ2) is 5.92. The topological polar surface area (TPSA) is 129 Å². The molecule has 0 aliphatic heterocycles. The maximum Gasteiger partial charge on any atom is 0.327 e. The van der Waals surface area contributed by atoms with Crippen LogP contribution in [0, 0.1) is 0 Å². The molecule has 0 radical (unpaired) electrons. The van der Waals surface area contributed by atoms with E-state index in [0.29, 0.717) is 10.6 Å². The highest BCUT2D eigenvalue weighted by Gasteiger charge is 2.32. The zero-order valence-corrected chi connectivity index (χ0v) is 9.79. The number of carbonyl (C=O) groups excluding carboxylic acids is 2. The number of nitrogens with two attached hydrogens (primary N) is 1. The number of aromatic nitrogens is 2. The van der Waals surface area contributed by atoms with Crippen LogP contribution in [0.1, 0.15) is 12.6 Å². The van der Waals surface area contributed by atoms with Crippen LogP contribution in [-0.2, 0) is 20.8 Å². The number of hydrogen-bond donors (Lipinski definition) is 3. The minimum absolute atomic E-state index is 0.0410. The third-order valence-electron chi connectivity index (χ3n) is 2.35. The van der Waals surface area contributed by atoms with Crippen LogP contribution >= 0.6 is 0 Å². The summed E-state index contributed by atoms with van der Waals surface area (Å²) in [7, 11) is 0. The predicted octanol–water partition coefficient (Wildman–Crippen LogP) is -1.26. The molecule has 0 bridgehead atoms. The Kier molecular flexibility index (Phi) is 4.55. The number of amides is 2. The van der Waals surface area contributed by atoms with E-state index in [0.717, 1.165) is 6.92 Å². The summed E-state index contributed by atoms with van der Waals surface area (Å²) in [4.78, 5) is 41.2. The summed E-state index contributed by atoms with van der Waals surface area (Å²) < 4.78 is 0. The van der Waals surface area contributed by atoms with E-state index in [1.165, 1.54) is 12.5 Å². The van der Waals surface area contributed by atoms with Crippen LogP contribution in [0.4, 0.5) is 0 Å². The highest BCUT2D eigenvalue weighted by atomic mass is 16.4. The molecule has 1 unspecified atom stereocenters. The summed E-state index contributed by atoms with van der Waals surface area (Å²) in [6, 6.07) is -1.29. The molecule has 4 N–H and O–H groups in total. The molecule has 0 saturated heterocycles. The quantitative estimate of drug-likeness (QED) is 0.601. The molecule has 2 amide bonds. The fourth-order valence-electron chi connectivity index (χ4n) is 1.56. The number of aliphatic carboxylic acids is 1. The van der Waals surface area contributed by atoms with Gasteiger partial charge >= 0.3 is 5.97 Å². The number of carbonyl (C=O) groups is 3. The van der Waals surface area contributed by atoms with Crippen LogP contribution in [0.3, 0.4) is 0 Å². The van der Waals surface area contributed by atoms with Gasteiger partial charge in [-0.1, -0.05) is 0 Å². The van der Waals surface area contributed by atoms with Gasteiger partial charge in [-0.15, -0.1) is 0 Å². The maximum atomic E-state index is 11.5. The number of nitrogens with one attached hydrogen (secondary N) is 1. The molecule has 0 saturated carbocycles. The number of hydrogen-bond acceptors (Lipinski definition) is 5. The molecule has 1 heterocycles. The average Bonchev–Trinajstić information content (AvgIpc) is 2.79. The van der Waals surface area contributed by atoms with Crippen LogP contribution in [-0.4, -0.2) is 50.3 Å². The highest BCUT2D eigenvalue weighted by Crippen LogP contribution is 2.08. The van der Waals surface area contributed by atoms with Crippen molar-refractivity contribution in [3.8, 4) is 0 Å². The third kappa shape index (κ3) is 3.14. The molecular formula is C10H14N4O4. The Morgan fingerprint density at radius 2 is 2.22 bits per heavy atom. The number of aromatic amines is 1. The standard InChI is InChI=1S/C10H14N4O4/c1-6(15)14(9(16)3-11)8(10(17)18)2-7-4-12-5-13-7/h4-5,8H,2-3,11H2,1H3,(H,12,13)(H,17,18). The van der Waals surface area contributed by atoms with Gasteiger partial charge in [0.2, 0.25) is 11.8 Å². The number of imidazole rings is 1. The van der Waals surface area contributed by atoms with Crippen molar-refractivity contribution >= 4 is 17.8 Å². The summed E-state index contributed by atoms with van der Waals surface area (Å²) >= 11 is 0. The first-order chi connectivity index (χ1) is 8.47. The smallest absolute Gasteiger partial charge is 0.327 e. The lowest BCUT2D eigenvalue weighted by atomic mass is 10.1. The van der Waals surface area contributed by atoms with Crippen molar-refractivity contribution in [2.24, 2.45) is 5.73 Å². The van der Waals surface area contributed by atoms with Gasteiger partial charge in [0, 0.05) is 25.2 Å². The first-order valence-corrected chi connectivity index (χ1v) is 5.20. The molecule has 8 nitrogen and oxygen atoms in total. The van der Waals surface area contributed by atoms with Gasteiger partial charge in [-0.3, -0.25) is 14.5 Å². The van der Waals surface area contributed by atoms with Crippen molar-refractivity contribution in [3.63, 3.8) is 0 Å². The average molecular weight is 254 g/mol. The van der Waals surface area contributed by atoms with Crippen molar-refractivity contribution in [1.82, 2.24) is 14.9 Å². The first kappa shape index (κ1) is 13.8. The van der Waals surface area contributed by atoms with Crippen molar-refractivity contribution in [2.75, 3.05) is 6.54 Å². The lowest BCUT2D eigenvalue weighted by Gasteiger charge is -2.25. The zero-order chi connectivity index (χ0) is 13.7.